The second kappa shape index (κ2) is 6.58. The molecule has 0 unspecified atom stereocenters. The van der Waals surface area contributed by atoms with E-state index in [4.69, 9.17) is 10.5 Å². The van der Waals surface area contributed by atoms with Crippen LogP contribution >= 0.6 is 0 Å². The fourth-order valence-electron chi connectivity index (χ4n) is 1.86. The molecule has 2 amide bonds. The van der Waals surface area contributed by atoms with Crippen molar-refractivity contribution in [2.24, 2.45) is 5.73 Å². The van der Waals surface area contributed by atoms with Crippen molar-refractivity contribution in [2.75, 3.05) is 13.2 Å². The van der Waals surface area contributed by atoms with E-state index in [-0.39, 0.29) is 18.4 Å². The monoisotopic (exact) mass is 291 g/mol. The van der Waals surface area contributed by atoms with Crippen LogP contribution in [0.2, 0.25) is 0 Å². The van der Waals surface area contributed by atoms with Gasteiger partial charge in [-0.15, -0.1) is 0 Å². The van der Waals surface area contributed by atoms with Crippen LogP contribution in [0, 0.1) is 0 Å². The standard InChI is InChI=1S/C15H21N3O3/c1-2-17-13(19)10-21-12-5-3-4-11(8-12)9-18-14(20)15(16)6-7-15/h3-5,8H,2,6-7,9-10,16H2,1H3,(H,17,19)(H,18,20). The number of nitrogens with one attached hydrogen (secondary N) is 2. The molecule has 1 aromatic carbocycles. The van der Waals surface area contributed by atoms with Crippen LogP contribution in [0.3, 0.4) is 0 Å². The third kappa shape index (κ3) is 4.46. The van der Waals surface area contributed by atoms with Gasteiger partial charge in [0, 0.05) is 13.1 Å². The molecule has 0 bridgehead atoms. The van der Waals surface area contributed by atoms with Crippen LogP contribution in [0.25, 0.3) is 0 Å². The topological polar surface area (TPSA) is 93.5 Å². The van der Waals surface area contributed by atoms with Crippen molar-refractivity contribution in [1.29, 1.82) is 0 Å². The SMILES string of the molecule is CCNC(=O)COc1cccc(CNC(=O)C2(N)CC2)c1. The first kappa shape index (κ1) is 15.3. The van der Waals surface area contributed by atoms with Gasteiger partial charge in [-0.3, -0.25) is 9.59 Å². The van der Waals surface area contributed by atoms with Gasteiger partial charge in [0.1, 0.15) is 5.75 Å². The first-order chi connectivity index (χ1) is 10.0. The summed E-state index contributed by atoms with van der Waals surface area (Å²) in [5.74, 6) is 0.327. The lowest BCUT2D eigenvalue weighted by Crippen LogP contribution is -2.42. The number of ether oxygens (including phenoxy) is 1. The zero-order valence-corrected chi connectivity index (χ0v) is 12.1. The lowest BCUT2D eigenvalue weighted by molar-refractivity contribution is -0.123. The first-order valence-corrected chi connectivity index (χ1v) is 7.09. The van der Waals surface area contributed by atoms with Crippen LogP contribution in [-0.2, 0) is 16.1 Å². The summed E-state index contributed by atoms with van der Waals surface area (Å²) < 4.78 is 5.40. The zero-order chi connectivity index (χ0) is 15.3. The van der Waals surface area contributed by atoms with Crippen LogP contribution in [0.1, 0.15) is 25.3 Å². The maximum absolute atomic E-state index is 11.8. The Morgan fingerprint density at radius 2 is 2.10 bits per heavy atom. The van der Waals surface area contributed by atoms with Gasteiger partial charge < -0.3 is 21.1 Å². The van der Waals surface area contributed by atoms with E-state index in [1.54, 1.807) is 12.1 Å². The number of hydrogen-bond acceptors (Lipinski definition) is 4. The highest BCUT2D eigenvalue weighted by molar-refractivity contribution is 5.88. The van der Waals surface area contributed by atoms with Crippen LogP contribution in [0.5, 0.6) is 5.75 Å². The number of likely N-dealkylation sites (N-methyl/N-ethyl adjacent to an activating group) is 1. The fraction of sp³-hybridized carbons (Fsp3) is 0.467. The summed E-state index contributed by atoms with van der Waals surface area (Å²) in [6.45, 7) is 2.81. The lowest BCUT2D eigenvalue weighted by atomic mass is 10.2. The van der Waals surface area contributed by atoms with Crippen LogP contribution in [-0.4, -0.2) is 30.5 Å². The first-order valence-electron chi connectivity index (χ1n) is 7.09. The Kier molecular flexibility index (Phi) is 4.80. The molecule has 0 saturated heterocycles. The number of rotatable bonds is 7. The second-order valence-corrected chi connectivity index (χ2v) is 5.23. The van der Waals surface area contributed by atoms with Crippen molar-refractivity contribution in [3.05, 3.63) is 29.8 Å². The maximum atomic E-state index is 11.8. The van der Waals surface area contributed by atoms with Gasteiger partial charge in [-0.05, 0) is 37.5 Å². The van der Waals surface area contributed by atoms with Crippen molar-refractivity contribution in [1.82, 2.24) is 10.6 Å². The Labute approximate surface area is 124 Å². The molecule has 0 aromatic heterocycles. The van der Waals surface area contributed by atoms with Crippen molar-refractivity contribution >= 4 is 11.8 Å². The molecule has 1 aliphatic carbocycles. The van der Waals surface area contributed by atoms with Crippen molar-refractivity contribution in [3.63, 3.8) is 0 Å². The molecule has 2 rings (SSSR count). The van der Waals surface area contributed by atoms with Crippen LogP contribution in [0.15, 0.2) is 24.3 Å². The van der Waals surface area contributed by atoms with Gasteiger partial charge in [-0.2, -0.15) is 0 Å². The summed E-state index contributed by atoms with van der Waals surface area (Å²) in [6.07, 6.45) is 1.49. The van der Waals surface area contributed by atoms with E-state index in [2.05, 4.69) is 10.6 Å². The van der Waals surface area contributed by atoms with E-state index in [0.717, 1.165) is 18.4 Å². The summed E-state index contributed by atoms with van der Waals surface area (Å²) in [5, 5.41) is 5.47. The third-order valence-electron chi connectivity index (χ3n) is 3.34. The predicted molar refractivity (Wildman–Crippen MR) is 78.6 cm³/mol. The smallest absolute Gasteiger partial charge is 0.257 e. The van der Waals surface area contributed by atoms with E-state index in [1.807, 2.05) is 19.1 Å². The molecule has 114 valence electrons. The maximum Gasteiger partial charge on any atom is 0.257 e. The number of nitrogens with two attached hydrogens (primary N) is 1. The second-order valence-electron chi connectivity index (χ2n) is 5.23. The normalized spacial score (nSPS) is 15.1. The van der Waals surface area contributed by atoms with Gasteiger partial charge in [0.25, 0.3) is 5.91 Å². The van der Waals surface area contributed by atoms with Crippen molar-refractivity contribution < 1.29 is 14.3 Å². The number of hydrogen-bond donors (Lipinski definition) is 3. The molecule has 1 saturated carbocycles. The average Bonchev–Trinajstić information content (AvgIpc) is 3.22. The number of amides is 2. The van der Waals surface area contributed by atoms with Gasteiger partial charge in [0.15, 0.2) is 6.61 Å². The van der Waals surface area contributed by atoms with E-state index in [1.165, 1.54) is 0 Å². The molecular weight excluding hydrogens is 270 g/mol. The largest absolute Gasteiger partial charge is 0.484 e. The molecule has 0 radical (unpaired) electrons. The van der Waals surface area contributed by atoms with Gasteiger partial charge in [0.05, 0.1) is 5.54 Å². The molecule has 0 aliphatic heterocycles. The molecule has 0 heterocycles. The summed E-state index contributed by atoms with van der Waals surface area (Å²) in [4.78, 5) is 23.1. The Morgan fingerprint density at radius 1 is 1.33 bits per heavy atom. The highest BCUT2D eigenvalue weighted by atomic mass is 16.5. The molecule has 1 aliphatic rings. The lowest BCUT2D eigenvalue weighted by Gasteiger charge is -2.11. The third-order valence-corrected chi connectivity index (χ3v) is 3.34. The molecule has 4 N–H and O–H groups in total. The molecule has 0 spiro atoms. The Hall–Kier alpha value is -2.08. The summed E-state index contributed by atoms with van der Waals surface area (Å²) >= 11 is 0. The number of carbonyl (C=O) groups is 2. The summed E-state index contributed by atoms with van der Waals surface area (Å²) in [6, 6.07) is 7.28. The predicted octanol–water partition coefficient (Wildman–Crippen LogP) is 0.309. The Bertz CT molecular complexity index is 527. The molecule has 1 aromatic rings. The van der Waals surface area contributed by atoms with E-state index >= 15 is 0 Å². The van der Waals surface area contributed by atoms with E-state index in [0.29, 0.717) is 18.8 Å². The quantitative estimate of drug-likeness (QED) is 0.674. The van der Waals surface area contributed by atoms with Crippen LogP contribution in [0.4, 0.5) is 0 Å². The minimum absolute atomic E-state index is 0.0183. The summed E-state index contributed by atoms with van der Waals surface area (Å²) in [7, 11) is 0. The molecule has 1 fully saturated rings. The highest BCUT2D eigenvalue weighted by Gasteiger charge is 2.45. The molecule has 0 atom stereocenters. The van der Waals surface area contributed by atoms with Crippen LogP contribution < -0.4 is 21.1 Å². The van der Waals surface area contributed by atoms with Gasteiger partial charge >= 0.3 is 0 Å². The molecule has 21 heavy (non-hydrogen) atoms. The zero-order valence-electron chi connectivity index (χ0n) is 12.1. The average molecular weight is 291 g/mol. The Morgan fingerprint density at radius 3 is 2.76 bits per heavy atom. The van der Waals surface area contributed by atoms with Crippen molar-refractivity contribution in [3.8, 4) is 5.75 Å². The van der Waals surface area contributed by atoms with E-state index in [9.17, 15) is 9.59 Å². The molecule has 6 nitrogen and oxygen atoms in total. The van der Waals surface area contributed by atoms with Crippen molar-refractivity contribution in [2.45, 2.75) is 31.8 Å². The molecular formula is C15H21N3O3. The number of carbonyl (C=O) groups excluding carboxylic acids is 2. The molecule has 6 heteroatoms. The van der Waals surface area contributed by atoms with Gasteiger partial charge in [-0.1, -0.05) is 12.1 Å². The minimum atomic E-state index is -0.660. The van der Waals surface area contributed by atoms with E-state index < -0.39 is 5.54 Å². The van der Waals surface area contributed by atoms with Gasteiger partial charge in [0.2, 0.25) is 5.91 Å². The Balaban J connectivity index is 1.83. The van der Waals surface area contributed by atoms with Gasteiger partial charge in [-0.25, -0.2) is 0 Å². The summed E-state index contributed by atoms with van der Waals surface area (Å²) in [5.41, 5.74) is 6.06. The minimum Gasteiger partial charge on any atom is -0.484 e. The fourth-order valence-corrected chi connectivity index (χ4v) is 1.86. The highest BCUT2D eigenvalue weighted by Crippen LogP contribution is 2.32. The number of benzene rings is 1.